The lowest BCUT2D eigenvalue weighted by Crippen LogP contribution is -2.29. The van der Waals surface area contributed by atoms with E-state index in [4.69, 9.17) is 14.1 Å². The Balaban J connectivity index is 1.34. The number of hydrogen-bond acceptors (Lipinski definition) is 6. The summed E-state index contributed by atoms with van der Waals surface area (Å²) < 4.78 is 10.3. The third-order valence-corrected chi connectivity index (χ3v) is 5.73. The van der Waals surface area contributed by atoms with Gasteiger partial charge in [0.25, 0.3) is 5.91 Å². The molecule has 0 unspecified atom stereocenters. The van der Waals surface area contributed by atoms with Crippen LogP contribution in [0.25, 0.3) is 0 Å². The summed E-state index contributed by atoms with van der Waals surface area (Å²) in [6, 6.07) is 0. The highest BCUT2D eigenvalue weighted by Crippen LogP contribution is 2.47. The molecule has 8 nitrogen and oxygen atoms in total. The first-order chi connectivity index (χ1) is 12.7. The lowest BCUT2D eigenvalue weighted by Gasteiger charge is -2.14. The molecule has 8 heteroatoms. The van der Waals surface area contributed by atoms with Crippen LogP contribution in [0, 0.1) is 11.8 Å². The van der Waals surface area contributed by atoms with Gasteiger partial charge in [-0.05, 0) is 37.5 Å². The van der Waals surface area contributed by atoms with Gasteiger partial charge < -0.3 is 14.1 Å². The van der Waals surface area contributed by atoms with Crippen molar-refractivity contribution in [1.29, 1.82) is 0 Å². The Bertz CT molecular complexity index is 807. The van der Waals surface area contributed by atoms with E-state index < -0.39 is 0 Å². The van der Waals surface area contributed by atoms with Crippen LogP contribution >= 0.6 is 0 Å². The van der Waals surface area contributed by atoms with Gasteiger partial charge >= 0.3 is 0 Å². The van der Waals surface area contributed by atoms with Crippen LogP contribution in [0.5, 0.6) is 0 Å². The van der Waals surface area contributed by atoms with E-state index in [0.29, 0.717) is 35.9 Å². The quantitative estimate of drug-likeness (QED) is 0.850. The van der Waals surface area contributed by atoms with Gasteiger partial charge in [-0.3, -0.25) is 9.89 Å². The SMILES string of the molecule is COCc1nc(C(=O)N2C[C@H](c3nc(C4CC4)n[nH]3)[C@@H](C3CC3)C2)co1. The standard InChI is InChI=1S/C18H23N5O3/c1-25-9-15-19-14(8-26-15)18(24)23-6-12(10-2-3-10)13(7-23)17-20-16(21-22-17)11-4-5-11/h8,10-13H,2-7,9H2,1H3,(H,20,21,22)/t12-,13+/m1/s1. The summed E-state index contributed by atoms with van der Waals surface area (Å²) >= 11 is 0. The Morgan fingerprint density at radius 1 is 1.31 bits per heavy atom. The first-order valence-corrected chi connectivity index (χ1v) is 9.37. The molecule has 2 atom stereocenters. The molecule has 2 aromatic rings. The van der Waals surface area contributed by atoms with E-state index in [1.807, 2.05) is 4.90 Å². The predicted octanol–water partition coefficient (Wildman–Crippen LogP) is 2.08. The number of hydrogen-bond donors (Lipinski definition) is 1. The lowest BCUT2D eigenvalue weighted by molar-refractivity contribution is 0.0778. The van der Waals surface area contributed by atoms with Crippen LogP contribution in [-0.2, 0) is 11.3 Å². The van der Waals surface area contributed by atoms with Gasteiger partial charge in [-0.1, -0.05) is 0 Å². The monoisotopic (exact) mass is 357 g/mol. The average Bonchev–Trinajstić information content (AvgIpc) is 3.53. The molecule has 138 valence electrons. The van der Waals surface area contributed by atoms with Gasteiger partial charge in [0.05, 0.1) is 0 Å². The fourth-order valence-electron chi connectivity index (χ4n) is 4.02. The third-order valence-electron chi connectivity index (χ3n) is 5.73. The van der Waals surface area contributed by atoms with E-state index in [1.54, 1.807) is 7.11 Å². The molecule has 0 spiro atoms. The van der Waals surface area contributed by atoms with Crippen molar-refractivity contribution >= 4 is 5.91 Å². The number of nitrogens with zero attached hydrogens (tertiary/aromatic N) is 4. The molecule has 3 fully saturated rings. The summed E-state index contributed by atoms with van der Waals surface area (Å²) in [5.41, 5.74) is 0.350. The zero-order chi connectivity index (χ0) is 17.7. The highest BCUT2D eigenvalue weighted by Gasteiger charge is 2.46. The molecule has 2 aromatic heterocycles. The molecule has 1 saturated heterocycles. The summed E-state index contributed by atoms with van der Waals surface area (Å²) in [6.45, 7) is 1.68. The molecule has 5 rings (SSSR count). The second kappa shape index (κ2) is 6.19. The number of amides is 1. The molecule has 3 heterocycles. The largest absolute Gasteiger partial charge is 0.446 e. The third kappa shape index (κ3) is 2.92. The number of aromatic amines is 1. The zero-order valence-electron chi connectivity index (χ0n) is 14.9. The van der Waals surface area contributed by atoms with E-state index in [0.717, 1.165) is 18.2 Å². The van der Waals surface area contributed by atoms with E-state index in [9.17, 15) is 4.79 Å². The maximum atomic E-state index is 12.9. The fourth-order valence-corrected chi connectivity index (χ4v) is 4.02. The Kier molecular flexibility index (Phi) is 3.81. The van der Waals surface area contributed by atoms with Gasteiger partial charge in [-0.2, -0.15) is 5.10 Å². The molecule has 26 heavy (non-hydrogen) atoms. The zero-order valence-corrected chi connectivity index (χ0v) is 14.9. The van der Waals surface area contributed by atoms with Crippen molar-refractivity contribution in [3.8, 4) is 0 Å². The van der Waals surface area contributed by atoms with E-state index in [1.165, 1.54) is 31.9 Å². The molecule has 3 aliphatic rings. The highest BCUT2D eigenvalue weighted by atomic mass is 16.5. The van der Waals surface area contributed by atoms with Gasteiger partial charge in [-0.25, -0.2) is 9.97 Å². The van der Waals surface area contributed by atoms with Crippen LogP contribution in [0.4, 0.5) is 0 Å². The molecule has 0 aromatic carbocycles. The van der Waals surface area contributed by atoms with Gasteiger partial charge in [0.15, 0.2) is 11.5 Å². The van der Waals surface area contributed by atoms with Crippen molar-refractivity contribution in [2.45, 2.75) is 44.1 Å². The number of oxazole rings is 1. The van der Waals surface area contributed by atoms with Gasteiger partial charge in [-0.15, -0.1) is 0 Å². The van der Waals surface area contributed by atoms with Crippen molar-refractivity contribution < 1.29 is 13.9 Å². The van der Waals surface area contributed by atoms with Crippen molar-refractivity contribution in [2.24, 2.45) is 11.8 Å². The van der Waals surface area contributed by atoms with Crippen LogP contribution < -0.4 is 0 Å². The van der Waals surface area contributed by atoms with Gasteiger partial charge in [0, 0.05) is 32.0 Å². The number of nitrogens with one attached hydrogen (secondary N) is 1. The molecule has 1 aliphatic heterocycles. The van der Waals surface area contributed by atoms with Crippen LogP contribution in [0.1, 0.15) is 65.5 Å². The minimum atomic E-state index is -0.0776. The second-order valence-corrected chi connectivity index (χ2v) is 7.73. The topological polar surface area (TPSA) is 97.1 Å². The molecular formula is C18H23N5O3. The summed E-state index contributed by atoms with van der Waals surface area (Å²) in [7, 11) is 1.57. The normalized spacial score (nSPS) is 25.8. The van der Waals surface area contributed by atoms with Gasteiger partial charge in [0.2, 0.25) is 5.89 Å². The number of carbonyl (C=O) groups excluding carboxylic acids is 1. The van der Waals surface area contributed by atoms with Crippen molar-refractivity contribution in [3.63, 3.8) is 0 Å². The predicted molar refractivity (Wildman–Crippen MR) is 90.4 cm³/mol. The van der Waals surface area contributed by atoms with Crippen molar-refractivity contribution in [1.82, 2.24) is 25.1 Å². The summed E-state index contributed by atoms with van der Waals surface area (Å²) in [5.74, 6) is 4.14. The van der Waals surface area contributed by atoms with E-state index in [2.05, 4.69) is 15.2 Å². The maximum absolute atomic E-state index is 12.9. The Morgan fingerprint density at radius 3 is 2.88 bits per heavy atom. The average molecular weight is 357 g/mol. The Morgan fingerprint density at radius 2 is 2.15 bits per heavy atom. The van der Waals surface area contributed by atoms with Crippen LogP contribution in [0.3, 0.4) is 0 Å². The van der Waals surface area contributed by atoms with Crippen molar-refractivity contribution in [3.05, 3.63) is 29.5 Å². The molecule has 0 radical (unpaired) electrons. The number of carbonyl (C=O) groups is 1. The first kappa shape index (κ1) is 16.0. The number of ether oxygens (including phenoxy) is 1. The Labute approximate surface area is 151 Å². The lowest BCUT2D eigenvalue weighted by atomic mass is 9.91. The number of methoxy groups -OCH3 is 1. The summed E-state index contributed by atoms with van der Waals surface area (Å²) in [6.07, 6.45) is 6.29. The van der Waals surface area contributed by atoms with Gasteiger partial charge in [0.1, 0.15) is 18.7 Å². The molecule has 0 bridgehead atoms. The van der Waals surface area contributed by atoms with E-state index >= 15 is 0 Å². The molecule has 1 amide bonds. The van der Waals surface area contributed by atoms with Crippen LogP contribution in [-0.4, -0.2) is 51.2 Å². The minimum Gasteiger partial charge on any atom is -0.446 e. The molecule has 2 aliphatic carbocycles. The summed E-state index contributed by atoms with van der Waals surface area (Å²) in [5, 5.41) is 7.56. The summed E-state index contributed by atoms with van der Waals surface area (Å²) in [4.78, 5) is 23.8. The number of rotatable bonds is 6. The Hall–Kier alpha value is -2.22. The molecule has 2 saturated carbocycles. The molecular weight excluding hydrogens is 334 g/mol. The number of H-pyrrole nitrogens is 1. The van der Waals surface area contributed by atoms with Crippen LogP contribution in [0.15, 0.2) is 10.7 Å². The van der Waals surface area contributed by atoms with E-state index in [-0.39, 0.29) is 18.4 Å². The number of aromatic nitrogens is 4. The second-order valence-electron chi connectivity index (χ2n) is 7.73. The fraction of sp³-hybridized carbons (Fsp3) is 0.667. The maximum Gasteiger partial charge on any atom is 0.275 e. The number of likely N-dealkylation sites (tertiary alicyclic amines) is 1. The highest BCUT2D eigenvalue weighted by molar-refractivity contribution is 5.92. The van der Waals surface area contributed by atoms with Crippen molar-refractivity contribution in [2.75, 3.05) is 20.2 Å². The smallest absolute Gasteiger partial charge is 0.275 e. The molecule has 1 N–H and O–H groups in total. The first-order valence-electron chi connectivity index (χ1n) is 9.37. The minimum absolute atomic E-state index is 0.0776. The van der Waals surface area contributed by atoms with Crippen LogP contribution in [0.2, 0.25) is 0 Å².